The van der Waals surface area contributed by atoms with Crippen LogP contribution in [0.3, 0.4) is 0 Å². The zero-order chi connectivity index (χ0) is 15.5. The number of thioether (sulfide) groups is 1. The van der Waals surface area contributed by atoms with Crippen LogP contribution in [0, 0.1) is 6.92 Å². The second-order valence-corrected chi connectivity index (χ2v) is 6.35. The molecule has 0 unspecified atom stereocenters. The molecular formula is C15H20N4OS. The van der Waals surface area contributed by atoms with Gasteiger partial charge in [0, 0.05) is 0 Å². The number of aryl methyl sites for hydroxylation is 1. The number of rotatable bonds is 4. The molecule has 0 saturated carbocycles. The van der Waals surface area contributed by atoms with Crippen molar-refractivity contribution >= 4 is 18.0 Å². The summed E-state index contributed by atoms with van der Waals surface area (Å²) in [6, 6.07) is 7.84. The Kier molecular flexibility index (Phi) is 4.67. The summed E-state index contributed by atoms with van der Waals surface area (Å²) >= 11 is 1.52. The monoisotopic (exact) mass is 304 g/mol. The average Bonchev–Trinajstić information content (AvgIpc) is 2.77. The molecule has 0 amide bonds. The number of nitrogens with zero attached hydrogens (tertiary/aromatic N) is 4. The highest BCUT2D eigenvalue weighted by Crippen LogP contribution is 2.18. The second-order valence-electron chi connectivity index (χ2n) is 5.57. The highest BCUT2D eigenvalue weighted by molar-refractivity contribution is 7.98. The molecule has 6 heteroatoms. The number of hydrogen-bond acceptors (Lipinski definition) is 5. The quantitative estimate of drug-likeness (QED) is 0.642. The molecule has 0 radical (unpaired) electrons. The summed E-state index contributed by atoms with van der Waals surface area (Å²) in [5, 5.41) is 13.2. The third kappa shape index (κ3) is 4.32. The summed E-state index contributed by atoms with van der Waals surface area (Å²) in [6.45, 7) is 7.97. The van der Waals surface area contributed by atoms with Crippen molar-refractivity contribution < 1.29 is 4.74 Å². The van der Waals surface area contributed by atoms with E-state index in [1.165, 1.54) is 11.8 Å². The van der Waals surface area contributed by atoms with E-state index < -0.39 is 0 Å². The van der Waals surface area contributed by atoms with Gasteiger partial charge in [0.25, 0.3) is 0 Å². The Morgan fingerprint density at radius 3 is 2.43 bits per heavy atom. The third-order valence-electron chi connectivity index (χ3n) is 2.58. The van der Waals surface area contributed by atoms with Gasteiger partial charge >= 0.3 is 0 Å². The summed E-state index contributed by atoms with van der Waals surface area (Å²) in [5.74, 6) is 1.62. The highest BCUT2D eigenvalue weighted by atomic mass is 32.2. The lowest BCUT2D eigenvalue weighted by Crippen LogP contribution is -2.22. The maximum Gasteiger partial charge on any atom is 0.211 e. The number of aromatic nitrogens is 3. The maximum atomic E-state index is 5.79. The largest absolute Gasteiger partial charge is 0.488 e. The lowest BCUT2D eigenvalue weighted by Gasteiger charge is -2.21. The molecule has 0 aliphatic heterocycles. The van der Waals surface area contributed by atoms with E-state index in [1.807, 2.05) is 58.2 Å². The van der Waals surface area contributed by atoms with Crippen molar-refractivity contribution in [2.75, 3.05) is 6.26 Å². The van der Waals surface area contributed by atoms with Crippen LogP contribution in [0.1, 0.15) is 32.2 Å². The SMILES string of the molecule is CSc1nnc(C)n1/N=C\c1ccc(OC(C)(C)C)cc1. The second kappa shape index (κ2) is 6.30. The molecule has 1 aromatic heterocycles. The molecule has 1 heterocycles. The Labute approximate surface area is 129 Å². The van der Waals surface area contributed by atoms with Gasteiger partial charge in [-0.25, -0.2) is 0 Å². The lowest BCUT2D eigenvalue weighted by atomic mass is 10.2. The summed E-state index contributed by atoms with van der Waals surface area (Å²) in [6.07, 6.45) is 3.74. The number of hydrogen-bond donors (Lipinski definition) is 0. The molecule has 1 aromatic carbocycles. The molecule has 0 aliphatic rings. The third-order valence-corrected chi connectivity index (χ3v) is 3.20. The molecule has 0 atom stereocenters. The van der Waals surface area contributed by atoms with Gasteiger partial charge in [-0.15, -0.1) is 10.2 Å². The van der Waals surface area contributed by atoms with Gasteiger partial charge in [0.1, 0.15) is 11.4 Å². The summed E-state index contributed by atoms with van der Waals surface area (Å²) < 4.78 is 7.52. The minimum Gasteiger partial charge on any atom is -0.488 e. The van der Waals surface area contributed by atoms with Crippen LogP contribution in [-0.2, 0) is 0 Å². The van der Waals surface area contributed by atoms with E-state index in [2.05, 4.69) is 15.3 Å². The predicted octanol–water partition coefficient (Wildman–Crippen LogP) is 3.37. The van der Waals surface area contributed by atoms with Gasteiger partial charge in [-0.3, -0.25) is 0 Å². The molecule has 2 aromatic rings. The first-order chi connectivity index (χ1) is 9.89. The van der Waals surface area contributed by atoms with Crippen molar-refractivity contribution in [1.29, 1.82) is 0 Å². The summed E-state index contributed by atoms with van der Waals surface area (Å²) in [5.41, 5.74) is 0.805. The van der Waals surface area contributed by atoms with E-state index >= 15 is 0 Å². The van der Waals surface area contributed by atoms with Crippen molar-refractivity contribution in [2.45, 2.75) is 38.5 Å². The van der Waals surface area contributed by atoms with Crippen LogP contribution in [0.25, 0.3) is 0 Å². The fourth-order valence-electron chi connectivity index (χ4n) is 1.70. The van der Waals surface area contributed by atoms with Gasteiger partial charge in [0.2, 0.25) is 5.16 Å². The molecule has 0 spiro atoms. The summed E-state index contributed by atoms with van der Waals surface area (Å²) in [4.78, 5) is 0. The van der Waals surface area contributed by atoms with Gasteiger partial charge in [0.15, 0.2) is 5.82 Å². The standard InChI is InChI=1S/C15H20N4OS/c1-11-17-18-14(21-5)19(11)16-10-12-6-8-13(9-7-12)20-15(2,3)4/h6-10H,1-5H3/b16-10-. The first-order valence-corrected chi connectivity index (χ1v) is 7.91. The highest BCUT2D eigenvalue weighted by Gasteiger charge is 2.11. The molecule has 0 bridgehead atoms. The fraction of sp³-hybridized carbons (Fsp3) is 0.400. The zero-order valence-corrected chi connectivity index (χ0v) is 13.8. The van der Waals surface area contributed by atoms with Crippen LogP contribution in [0.4, 0.5) is 0 Å². The molecule has 0 N–H and O–H groups in total. The van der Waals surface area contributed by atoms with Crippen molar-refractivity contribution in [3.8, 4) is 5.75 Å². The predicted molar refractivity (Wildman–Crippen MR) is 86.4 cm³/mol. The molecule has 0 saturated heterocycles. The van der Waals surface area contributed by atoms with Crippen molar-refractivity contribution in [3.63, 3.8) is 0 Å². The van der Waals surface area contributed by atoms with Crippen molar-refractivity contribution in [2.24, 2.45) is 5.10 Å². The minimum absolute atomic E-state index is 0.192. The Bertz CT molecular complexity index is 626. The molecule has 21 heavy (non-hydrogen) atoms. The number of benzene rings is 1. The van der Waals surface area contributed by atoms with E-state index in [0.717, 1.165) is 22.3 Å². The normalized spacial score (nSPS) is 12.0. The van der Waals surface area contributed by atoms with Crippen LogP contribution in [0.2, 0.25) is 0 Å². The topological polar surface area (TPSA) is 52.3 Å². The molecule has 112 valence electrons. The van der Waals surface area contributed by atoms with Crippen LogP contribution in [0.15, 0.2) is 34.5 Å². The van der Waals surface area contributed by atoms with Gasteiger partial charge in [0.05, 0.1) is 6.21 Å². The Hall–Kier alpha value is -1.82. The van der Waals surface area contributed by atoms with E-state index in [-0.39, 0.29) is 5.60 Å². The van der Waals surface area contributed by atoms with Crippen LogP contribution in [0.5, 0.6) is 5.75 Å². The minimum atomic E-state index is -0.192. The first kappa shape index (κ1) is 15.6. The summed E-state index contributed by atoms with van der Waals surface area (Å²) in [7, 11) is 0. The molecule has 2 rings (SSSR count). The molecule has 5 nitrogen and oxygen atoms in total. The lowest BCUT2D eigenvalue weighted by molar-refractivity contribution is 0.131. The maximum absolute atomic E-state index is 5.79. The molecular weight excluding hydrogens is 284 g/mol. The fourth-order valence-corrected chi connectivity index (χ4v) is 2.17. The van der Waals surface area contributed by atoms with Crippen LogP contribution < -0.4 is 4.74 Å². The molecule has 0 aliphatic carbocycles. The van der Waals surface area contributed by atoms with Crippen LogP contribution in [-0.4, -0.2) is 32.9 Å². The van der Waals surface area contributed by atoms with Crippen molar-refractivity contribution in [3.05, 3.63) is 35.7 Å². The van der Waals surface area contributed by atoms with E-state index in [4.69, 9.17) is 4.74 Å². The number of ether oxygens (including phenoxy) is 1. The Morgan fingerprint density at radius 1 is 1.19 bits per heavy atom. The smallest absolute Gasteiger partial charge is 0.211 e. The average molecular weight is 304 g/mol. The van der Waals surface area contributed by atoms with Gasteiger partial charge in [-0.2, -0.15) is 9.78 Å². The zero-order valence-electron chi connectivity index (χ0n) is 13.0. The Morgan fingerprint density at radius 2 is 1.86 bits per heavy atom. The van der Waals surface area contributed by atoms with Gasteiger partial charge in [-0.1, -0.05) is 11.8 Å². The molecule has 0 fully saturated rings. The van der Waals surface area contributed by atoms with Crippen LogP contribution >= 0.6 is 11.8 Å². The van der Waals surface area contributed by atoms with E-state index in [0.29, 0.717) is 0 Å². The van der Waals surface area contributed by atoms with Gasteiger partial charge < -0.3 is 4.74 Å². The van der Waals surface area contributed by atoms with E-state index in [1.54, 1.807) is 10.9 Å². The van der Waals surface area contributed by atoms with Crippen molar-refractivity contribution in [1.82, 2.24) is 14.9 Å². The van der Waals surface area contributed by atoms with Gasteiger partial charge in [-0.05, 0) is 63.8 Å². The van der Waals surface area contributed by atoms with E-state index in [9.17, 15) is 0 Å². The Balaban J connectivity index is 2.13. The first-order valence-electron chi connectivity index (χ1n) is 6.68.